The van der Waals surface area contributed by atoms with Gasteiger partial charge in [0.05, 0.1) is 0 Å². The van der Waals surface area contributed by atoms with Crippen LogP contribution in [-0.2, 0) is 0 Å². The molecule has 1 fully saturated rings. The molecule has 1 saturated carbocycles. The monoisotopic (exact) mass is 217 g/mol. The van der Waals surface area contributed by atoms with Gasteiger partial charge in [-0.25, -0.2) is 0 Å². The number of hydrogen-bond acceptors (Lipinski definition) is 1. The molecule has 0 saturated heterocycles. The van der Waals surface area contributed by atoms with Gasteiger partial charge in [0.2, 0.25) is 0 Å². The van der Waals surface area contributed by atoms with Crippen molar-refractivity contribution >= 4 is 0 Å². The van der Waals surface area contributed by atoms with Crippen molar-refractivity contribution in [3.63, 3.8) is 0 Å². The Labute approximate surface area is 99.0 Å². The van der Waals surface area contributed by atoms with Crippen LogP contribution in [0.2, 0.25) is 0 Å². The summed E-state index contributed by atoms with van der Waals surface area (Å²) in [6.45, 7) is 3.19. The lowest BCUT2D eigenvalue weighted by Crippen LogP contribution is -2.37. The zero-order valence-corrected chi connectivity index (χ0v) is 10.3. The fourth-order valence-electron chi connectivity index (χ4n) is 3.17. The highest BCUT2D eigenvalue weighted by atomic mass is 14.6. The average molecular weight is 217 g/mol. The predicted molar refractivity (Wildman–Crippen MR) is 69.4 cm³/mol. The van der Waals surface area contributed by atoms with Crippen molar-refractivity contribution in [3.05, 3.63) is 35.9 Å². The minimum atomic E-state index is 0.361. The van der Waals surface area contributed by atoms with Crippen LogP contribution in [0.15, 0.2) is 30.3 Å². The molecule has 0 amide bonds. The van der Waals surface area contributed by atoms with Crippen molar-refractivity contribution in [2.45, 2.75) is 44.9 Å². The standard InChI is InChI=1S/C15H23N/c1-13(14-8-4-2-5-9-14)15(12-16)10-6-3-7-11-15/h2,4-5,8-9,13H,3,6-7,10-12,16H2,1H3. The molecule has 1 aliphatic rings. The minimum Gasteiger partial charge on any atom is -0.330 e. The SMILES string of the molecule is CC(c1ccccc1)C1(CN)CCCCC1. The van der Waals surface area contributed by atoms with E-state index in [1.807, 2.05) is 0 Å². The van der Waals surface area contributed by atoms with Crippen LogP contribution < -0.4 is 5.73 Å². The van der Waals surface area contributed by atoms with E-state index in [0.717, 1.165) is 6.54 Å². The first kappa shape index (κ1) is 11.7. The zero-order chi connectivity index (χ0) is 11.4. The third-order valence-electron chi connectivity index (χ3n) is 4.47. The lowest BCUT2D eigenvalue weighted by Gasteiger charge is -2.41. The molecule has 88 valence electrons. The van der Waals surface area contributed by atoms with Gasteiger partial charge in [0.15, 0.2) is 0 Å². The van der Waals surface area contributed by atoms with Gasteiger partial charge in [-0.1, -0.05) is 56.5 Å². The molecular weight excluding hydrogens is 194 g/mol. The topological polar surface area (TPSA) is 26.0 Å². The minimum absolute atomic E-state index is 0.361. The molecule has 0 aliphatic heterocycles. The molecule has 1 aliphatic carbocycles. The van der Waals surface area contributed by atoms with Gasteiger partial charge in [-0.15, -0.1) is 0 Å². The number of rotatable bonds is 3. The summed E-state index contributed by atoms with van der Waals surface area (Å²) in [4.78, 5) is 0. The van der Waals surface area contributed by atoms with E-state index in [-0.39, 0.29) is 0 Å². The molecule has 0 heterocycles. The Kier molecular flexibility index (Phi) is 3.65. The van der Waals surface area contributed by atoms with Crippen LogP contribution in [0.4, 0.5) is 0 Å². The summed E-state index contributed by atoms with van der Waals surface area (Å²) < 4.78 is 0. The van der Waals surface area contributed by atoms with Gasteiger partial charge in [0.25, 0.3) is 0 Å². The van der Waals surface area contributed by atoms with E-state index in [1.54, 1.807) is 0 Å². The van der Waals surface area contributed by atoms with E-state index < -0.39 is 0 Å². The summed E-state index contributed by atoms with van der Waals surface area (Å²) in [5, 5.41) is 0. The van der Waals surface area contributed by atoms with Crippen LogP contribution in [0.5, 0.6) is 0 Å². The maximum atomic E-state index is 6.08. The van der Waals surface area contributed by atoms with Crippen LogP contribution in [0, 0.1) is 5.41 Å². The maximum Gasteiger partial charge on any atom is -0.00148 e. The Morgan fingerprint density at radius 3 is 2.31 bits per heavy atom. The molecule has 0 spiro atoms. The van der Waals surface area contributed by atoms with Gasteiger partial charge in [-0.2, -0.15) is 0 Å². The summed E-state index contributed by atoms with van der Waals surface area (Å²) in [5.41, 5.74) is 7.89. The molecule has 2 N–H and O–H groups in total. The molecule has 1 aromatic carbocycles. The molecule has 16 heavy (non-hydrogen) atoms. The van der Waals surface area contributed by atoms with E-state index >= 15 is 0 Å². The first-order chi connectivity index (χ1) is 7.78. The second-order valence-corrected chi connectivity index (χ2v) is 5.26. The lowest BCUT2D eigenvalue weighted by atomic mass is 9.64. The normalized spacial score (nSPS) is 21.6. The highest BCUT2D eigenvalue weighted by Crippen LogP contribution is 2.46. The second kappa shape index (κ2) is 5.01. The van der Waals surface area contributed by atoms with Gasteiger partial charge in [0, 0.05) is 0 Å². The molecular formula is C15H23N. The molecule has 0 aromatic heterocycles. The van der Waals surface area contributed by atoms with Gasteiger partial charge < -0.3 is 5.73 Å². The van der Waals surface area contributed by atoms with Crippen molar-refractivity contribution in [1.82, 2.24) is 0 Å². The highest BCUT2D eigenvalue weighted by molar-refractivity contribution is 5.22. The van der Waals surface area contributed by atoms with Crippen molar-refractivity contribution in [3.8, 4) is 0 Å². The van der Waals surface area contributed by atoms with E-state index in [1.165, 1.54) is 37.7 Å². The molecule has 1 nitrogen and oxygen atoms in total. The highest BCUT2D eigenvalue weighted by Gasteiger charge is 2.36. The van der Waals surface area contributed by atoms with Crippen molar-refractivity contribution in [2.75, 3.05) is 6.54 Å². The van der Waals surface area contributed by atoms with E-state index in [2.05, 4.69) is 37.3 Å². The molecule has 1 atom stereocenters. The Bertz CT molecular complexity index is 311. The van der Waals surface area contributed by atoms with E-state index in [4.69, 9.17) is 5.73 Å². The fraction of sp³-hybridized carbons (Fsp3) is 0.600. The summed E-state index contributed by atoms with van der Waals surface area (Å²) in [6.07, 6.45) is 6.71. The summed E-state index contributed by atoms with van der Waals surface area (Å²) in [6, 6.07) is 10.9. The number of nitrogens with two attached hydrogens (primary N) is 1. The van der Waals surface area contributed by atoms with Crippen molar-refractivity contribution in [1.29, 1.82) is 0 Å². The largest absolute Gasteiger partial charge is 0.330 e. The summed E-state index contributed by atoms with van der Waals surface area (Å²) in [5.74, 6) is 0.596. The van der Waals surface area contributed by atoms with E-state index in [9.17, 15) is 0 Å². The average Bonchev–Trinajstić information content (AvgIpc) is 2.39. The Hall–Kier alpha value is -0.820. The third kappa shape index (κ3) is 2.15. The predicted octanol–water partition coefficient (Wildman–Crippen LogP) is 3.70. The first-order valence-corrected chi connectivity index (χ1v) is 6.53. The Balaban J connectivity index is 2.20. The van der Waals surface area contributed by atoms with Gasteiger partial charge >= 0.3 is 0 Å². The molecule has 1 aromatic rings. The van der Waals surface area contributed by atoms with Gasteiger partial charge in [-0.3, -0.25) is 0 Å². The maximum absolute atomic E-state index is 6.08. The Morgan fingerprint density at radius 1 is 1.12 bits per heavy atom. The number of hydrogen-bond donors (Lipinski definition) is 1. The Morgan fingerprint density at radius 2 is 1.75 bits per heavy atom. The third-order valence-corrected chi connectivity index (χ3v) is 4.47. The molecule has 0 radical (unpaired) electrons. The quantitative estimate of drug-likeness (QED) is 0.821. The molecule has 1 heteroatoms. The first-order valence-electron chi connectivity index (χ1n) is 6.53. The molecule has 1 unspecified atom stereocenters. The van der Waals surface area contributed by atoms with Crippen LogP contribution in [0.3, 0.4) is 0 Å². The zero-order valence-electron chi connectivity index (χ0n) is 10.3. The smallest absolute Gasteiger partial charge is 0.00148 e. The second-order valence-electron chi connectivity index (χ2n) is 5.26. The van der Waals surface area contributed by atoms with Gasteiger partial charge in [0.1, 0.15) is 0 Å². The molecule has 2 rings (SSSR count). The van der Waals surface area contributed by atoms with Crippen molar-refractivity contribution < 1.29 is 0 Å². The van der Waals surface area contributed by atoms with Crippen LogP contribution >= 0.6 is 0 Å². The van der Waals surface area contributed by atoms with E-state index in [0.29, 0.717) is 11.3 Å². The summed E-state index contributed by atoms with van der Waals surface area (Å²) in [7, 11) is 0. The number of benzene rings is 1. The van der Waals surface area contributed by atoms with Crippen LogP contribution in [0.1, 0.15) is 50.5 Å². The van der Waals surface area contributed by atoms with Gasteiger partial charge in [-0.05, 0) is 36.3 Å². The van der Waals surface area contributed by atoms with Crippen molar-refractivity contribution in [2.24, 2.45) is 11.1 Å². The fourth-order valence-corrected chi connectivity index (χ4v) is 3.17. The lowest BCUT2D eigenvalue weighted by molar-refractivity contribution is 0.161. The summed E-state index contributed by atoms with van der Waals surface area (Å²) >= 11 is 0. The molecule has 0 bridgehead atoms. The van der Waals surface area contributed by atoms with Crippen LogP contribution in [-0.4, -0.2) is 6.54 Å². The van der Waals surface area contributed by atoms with Crippen LogP contribution in [0.25, 0.3) is 0 Å².